The van der Waals surface area contributed by atoms with Crippen LogP contribution < -0.4 is 4.74 Å². The normalized spacial score (nSPS) is 15.3. The average Bonchev–Trinajstić information content (AvgIpc) is 3.25. The van der Waals surface area contributed by atoms with Crippen molar-refractivity contribution in [1.82, 2.24) is 9.47 Å². The minimum absolute atomic E-state index is 0.0731. The van der Waals surface area contributed by atoms with Gasteiger partial charge in [-0.15, -0.1) is 0 Å². The average molecular weight is 546 g/mol. The fourth-order valence-electron chi connectivity index (χ4n) is 3.68. The number of methoxy groups -OCH3 is 1. The molecule has 0 unspecified atom stereocenters. The van der Waals surface area contributed by atoms with Crippen molar-refractivity contribution in [2.24, 2.45) is 0 Å². The van der Waals surface area contributed by atoms with Crippen LogP contribution in [0.25, 0.3) is 17.0 Å². The van der Waals surface area contributed by atoms with Crippen molar-refractivity contribution in [3.05, 3.63) is 68.7 Å². The number of halogens is 1. The number of rotatable bonds is 8. The van der Waals surface area contributed by atoms with Crippen molar-refractivity contribution < 1.29 is 14.3 Å². The number of amides is 1. The lowest BCUT2D eigenvalue weighted by Gasteiger charge is -2.12. The second-order valence-corrected chi connectivity index (χ2v) is 10.5. The molecule has 0 spiro atoms. The first-order valence-electron chi connectivity index (χ1n) is 10.6. The summed E-state index contributed by atoms with van der Waals surface area (Å²) in [5.41, 5.74) is 4.53. The quantitative estimate of drug-likeness (QED) is 0.259. The Labute approximate surface area is 211 Å². The Hall–Kier alpha value is -2.13. The minimum atomic E-state index is -0.0731. The summed E-state index contributed by atoms with van der Waals surface area (Å²) in [6, 6.07) is 12.3. The molecular weight excluding hydrogens is 520 g/mol. The van der Waals surface area contributed by atoms with E-state index in [1.165, 1.54) is 22.9 Å². The van der Waals surface area contributed by atoms with Gasteiger partial charge in [-0.2, -0.15) is 0 Å². The molecule has 5 nitrogen and oxygen atoms in total. The molecule has 2 aromatic carbocycles. The van der Waals surface area contributed by atoms with Gasteiger partial charge >= 0.3 is 0 Å². The molecule has 8 heteroatoms. The fraction of sp³-hybridized carbons (Fsp3) is 0.280. The smallest absolute Gasteiger partial charge is 0.266 e. The summed E-state index contributed by atoms with van der Waals surface area (Å²) in [6.45, 7) is 6.32. The fourth-order valence-corrected chi connectivity index (χ4v) is 5.34. The Morgan fingerprint density at radius 2 is 1.91 bits per heavy atom. The van der Waals surface area contributed by atoms with Crippen molar-refractivity contribution in [1.29, 1.82) is 0 Å². The summed E-state index contributed by atoms with van der Waals surface area (Å²) < 4.78 is 14.8. The number of carbonyl (C=O) groups is 1. The Morgan fingerprint density at radius 1 is 1.09 bits per heavy atom. The van der Waals surface area contributed by atoms with Crippen molar-refractivity contribution in [2.45, 2.75) is 20.4 Å². The summed E-state index contributed by atoms with van der Waals surface area (Å²) in [6.07, 6.45) is 4.00. The highest BCUT2D eigenvalue weighted by Crippen LogP contribution is 2.35. The second-order valence-electron chi connectivity index (χ2n) is 7.86. The van der Waals surface area contributed by atoms with Gasteiger partial charge in [-0.3, -0.25) is 9.69 Å². The molecule has 0 N–H and O–H groups in total. The van der Waals surface area contributed by atoms with E-state index in [2.05, 4.69) is 64.8 Å². The maximum atomic E-state index is 12.9. The summed E-state index contributed by atoms with van der Waals surface area (Å²) in [5.74, 6) is 0.799. The molecule has 0 saturated carbocycles. The van der Waals surface area contributed by atoms with E-state index >= 15 is 0 Å². The van der Waals surface area contributed by atoms with Gasteiger partial charge in [-0.25, -0.2) is 0 Å². The van der Waals surface area contributed by atoms with E-state index in [1.54, 1.807) is 12.0 Å². The SMILES string of the molecule is COCCN1C(=O)/C(=C/c2cn(CCOc3ccc(C)c(C)c3)c3ccc(Br)cc23)SC1=S. The van der Waals surface area contributed by atoms with E-state index in [0.29, 0.717) is 35.5 Å². The van der Waals surface area contributed by atoms with Gasteiger partial charge in [-0.05, 0) is 61.4 Å². The third kappa shape index (κ3) is 5.35. The molecule has 33 heavy (non-hydrogen) atoms. The van der Waals surface area contributed by atoms with E-state index in [0.717, 1.165) is 26.7 Å². The van der Waals surface area contributed by atoms with Crippen molar-refractivity contribution in [3.8, 4) is 5.75 Å². The van der Waals surface area contributed by atoms with Gasteiger partial charge in [0.05, 0.1) is 24.6 Å². The predicted octanol–water partition coefficient (Wildman–Crippen LogP) is 5.95. The van der Waals surface area contributed by atoms with E-state index in [-0.39, 0.29) is 5.91 Å². The highest BCUT2D eigenvalue weighted by atomic mass is 79.9. The predicted molar refractivity (Wildman–Crippen MR) is 143 cm³/mol. The molecule has 4 rings (SSSR count). The third-order valence-corrected chi connectivity index (χ3v) is 7.50. The molecule has 1 fully saturated rings. The number of hydrogen-bond acceptors (Lipinski definition) is 5. The number of thioether (sulfide) groups is 1. The largest absolute Gasteiger partial charge is 0.492 e. The number of aryl methyl sites for hydroxylation is 2. The van der Waals surface area contributed by atoms with E-state index in [1.807, 2.05) is 18.2 Å². The van der Waals surface area contributed by atoms with Crippen LogP contribution in [0.1, 0.15) is 16.7 Å². The summed E-state index contributed by atoms with van der Waals surface area (Å²) in [4.78, 5) is 15.1. The van der Waals surface area contributed by atoms with E-state index in [4.69, 9.17) is 21.7 Å². The topological polar surface area (TPSA) is 43.7 Å². The van der Waals surface area contributed by atoms with Crippen molar-refractivity contribution >= 4 is 67.1 Å². The molecule has 0 aliphatic carbocycles. The van der Waals surface area contributed by atoms with Gasteiger partial charge < -0.3 is 14.0 Å². The zero-order valence-electron chi connectivity index (χ0n) is 18.8. The van der Waals surface area contributed by atoms with Crippen LogP contribution >= 0.6 is 39.9 Å². The van der Waals surface area contributed by atoms with Crippen LogP contribution in [0, 0.1) is 13.8 Å². The first-order chi connectivity index (χ1) is 15.9. The number of hydrogen-bond donors (Lipinski definition) is 0. The standard InChI is InChI=1S/C25H25BrN2O3S2/c1-16-4-6-20(12-17(16)2)31-11-8-27-15-18(21-14-19(26)5-7-22(21)27)13-23-24(29)28(9-10-30-3)25(32)33-23/h4-7,12-15H,8-11H2,1-3H3/b23-13-. The van der Waals surface area contributed by atoms with Gasteiger partial charge in [0.1, 0.15) is 16.7 Å². The minimum Gasteiger partial charge on any atom is -0.492 e. The number of aromatic nitrogens is 1. The first kappa shape index (κ1) is 24.0. The van der Waals surface area contributed by atoms with Crippen LogP contribution in [0.3, 0.4) is 0 Å². The number of nitrogens with zero attached hydrogens (tertiary/aromatic N) is 2. The number of thiocarbonyl (C=S) groups is 1. The number of fused-ring (bicyclic) bond motifs is 1. The summed E-state index contributed by atoms with van der Waals surface area (Å²) >= 11 is 10.3. The second kappa shape index (κ2) is 10.4. The number of ether oxygens (including phenoxy) is 2. The lowest BCUT2D eigenvalue weighted by atomic mass is 10.1. The highest BCUT2D eigenvalue weighted by molar-refractivity contribution is 9.10. The maximum absolute atomic E-state index is 12.9. The third-order valence-electron chi connectivity index (χ3n) is 5.63. The molecule has 1 aliphatic rings. The van der Waals surface area contributed by atoms with Gasteiger partial charge in [0.15, 0.2) is 0 Å². The van der Waals surface area contributed by atoms with Gasteiger partial charge in [0.25, 0.3) is 5.91 Å². The van der Waals surface area contributed by atoms with Crippen LogP contribution in [0.2, 0.25) is 0 Å². The molecular formula is C25H25BrN2O3S2. The molecule has 172 valence electrons. The maximum Gasteiger partial charge on any atom is 0.266 e. The van der Waals surface area contributed by atoms with Crippen molar-refractivity contribution in [2.75, 3.05) is 26.9 Å². The van der Waals surface area contributed by atoms with E-state index in [9.17, 15) is 4.79 Å². The lowest BCUT2D eigenvalue weighted by molar-refractivity contribution is -0.122. The molecule has 0 bridgehead atoms. The molecule has 2 heterocycles. The Bertz CT molecular complexity index is 1250. The number of benzene rings is 2. The summed E-state index contributed by atoms with van der Waals surface area (Å²) in [5, 5.41) is 1.07. The first-order valence-corrected chi connectivity index (χ1v) is 12.6. The monoisotopic (exact) mass is 544 g/mol. The lowest BCUT2D eigenvalue weighted by Crippen LogP contribution is -2.31. The Kier molecular flexibility index (Phi) is 7.58. The van der Waals surface area contributed by atoms with Crippen molar-refractivity contribution in [3.63, 3.8) is 0 Å². The molecule has 1 aromatic heterocycles. The van der Waals surface area contributed by atoms with Crippen LogP contribution in [-0.4, -0.2) is 46.6 Å². The van der Waals surface area contributed by atoms with Gasteiger partial charge in [0, 0.05) is 34.2 Å². The number of carbonyl (C=O) groups excluding carboxylic acids is 1. The zero-order valence-corrected chi connectivity index (χ0v) is 22.0. The molecule has 1 aliphatic heterocycles. The van der Waals surface area contributed by atoms with Crippen LogP contribution in [0.15, 0.2) is 52.0 Å². The Balaban J connectivity index is 1.57. The van der Waals surface area contributed by atoms with E-state index < -0.39 is 0 Å². The molecule has 1 saturated heterocycles. The van der Waals surface area contributed by atoms with Gasteiger partial charge in [-0.1, -0.05) is 46.0 Å². The zero-order chi connectivity index (χ0) is 23.5. The molecule has 0 radical (unpaired) electrons. The molecule has 0 atom stereocenters. The molecule has 1 amide bonds. The van der Waals surface area contributed by atoms with Gasteiger partial charge in [0.2, 0.25) is 0 Å². The molecule has 3 aromatic rings. The van der Waals surface area contributed by atoms with Crippen LogP contribution in [-0.2, 0) is 16.1 Å². The highest BCUT2D eigenvalue weighted by Gasteiger charge is 2.31. The summed E-state index contributed by atoms with van der Waals surface area (Å²) in [7, 11) is 1.61. The van der Waals surface area contributed by atoms with Crippen LogP contribution in [0.4, 0.5) is 0 Å². The van der Waals surface area contributed by atoms with Crippen LogP contribution in [0.5, 0.6) is 5.75 Å². The Morgan fingerprint density at radius 3 is 2.67 bits per heavy atom.